The summed E-state index contributed by atoms with van der Waals surface area (Å²) in [5, 5.41) is 4.02. The number of hydrogen-bond acceptors (Lipinski definition) is 4. The Labute approximate surface area is 165 Å². The standard InChI is InChI=1S/C21H18F3N3O2/c22-21(23,24)17-8-4-7-16(13-17)20(28)27-11-9-15(10-12-27)19-25-18(26-29-19)14-5-2-1-3-6-14/h1-8,13,15H,9-12H2. The van der Waals surface area contributed by atoms with Crippen LogP contribution in [0.2, 0.25) is 0 Å². The lowest BCUT2D eigenvalue weighted by Crippen LogP contribution is -2.38. The number of carbonyl (C=O) groups excluding carboxylic acids is 1. The van der Waals surface area contributed by atoms with E-state index in [1.807, 2.05) is 30.3 Å². The van der Waals surface area contributed by atoms with E-state index in [0.29, 0.717) is 37.6 Å². The summed E-state index contributed by atoms with van der Waals surface area (Å²) in [7, 11) is 0. The molecule has 0 radical (unpaired) electrons. The van der Waals surface area contributed by atoms with Crippen LogP contribution in [-0.2, 0) is 6.18 Å². The molecule has 0 unspecified atom stereocenters. The molecule has 2 heterocycles. The monoisotopic (exact) mass is 401 g/mol. The lowest BCUT2D eigenvalue weighted by molar-refractivity contribution is -0.137. The minimum atomic E-state index is -4.47. The van der Waals surface area contributed by atoms with E-state index in [1.54, 1.807) is 4.90 Å². The molecule has 1 aromatic heterocycles. The summed E-state index contributed by atoms with van der Waals surface area (Å²) < 4.78 is 44.1. The molecular formula is C21H18F3N3O2. The van der Waals surface area contributed by atoms with Gasteiger partial charge in [0.15, 0.2) is 0 Å². The Kier molecular flexibility index (Phi) is 5.08. The second-order valence-corrected chi connectivity index (χ2v) is 6.97. The molecular weight excluding hydrogens is 383 g/mol. The van der Waals surface area contributed by atoms with Crippen molar-refractivity contribution in [1.29, 1.82) is 0 Å². The van der Waals surface area contributed by atoms with E-state index in [4.69, 9.17) is 4.52 Å². The van der Waals surface area contributed by atoms with Crippen molar-refractivity contribution >= 4 is 5.91 Å². The van der Waals surface area contributed by atoms with Gasteiger partial charge in [-0.25, -0.2) is 0 Å². The van der Waals surface area contributed by atoms with Crippen molar-refractivity contribution in [3.63, 3.8) is 0 Å². The molecule has 4 rings (SSSR count). The van der Waals surface area contributed by atoms with E-state index < -0.39 is 17.6 Å². The van der Waals surface area contributed by atoms with Gasteiger partial charge in [0.2, 0.25) is 11.7 Å². The van der Waals surface area contributed by atoms with Crippen LogP contribution in [0, 0.1) is 0 Å². The van der Waals surface area contributed by atoms with E-state index in [9.17, 15) is 18.0 Å². The highest BCUT2D eigenvalue weighted by atomic mass is 19.4. The minimum Gasteiger partial charge on any atom is -0.339 e. The minimum absolute atomic E-state index is 0.0190. The number of nitrogens with zero attached hydrogens (tertiary/aromatic N) is 3. The molecule has 0 atom stereocenters. The highest BCUT2D eigenvalue weighted by molar-refractivity contribution is 5.94. The number of amides is 1. The topological polar surface area (TPSA) is 59.2 Å². The van der Waals surface area contributed by atoms with Gasteiger partial charge in [-0.15, -0.1) is 0 Å². The predicted octanol–water partition coefficient (Wildman–Crippen LogP) is 4.78. The molecule has 2 aromatic carbocycles. The number of alkyl halides is 3. The molecule has 29 heavy (non-hydrogen) atoms. The van der Waals surface area contributed by atoms with Gasteiger partial charge in [-0.2, -0.15) is 18.2 Å². The molecule has 0 bridgehead atoms. The number of halogens is 3. The number of hydrogen-bond donors (Lipinski definition) is 0. The summed E-state index contributed by atoms with van der Waals surface area (Å²) in [4.78, 5) is 18.7. The Morgan fingerprint density at radius 1 is 1.03 bits per heavy atom. The van der Waals surface area contributed by atoms with E-state index in [0.717, 1.165) is 17.7 Å². The first-order chi connectivity index (χ1) is 13.9. The van der Waals surface area contributed by atoms with Gasteiger partial charge < -0.3 is 9.42 Å². The maximum atomic E-state index is 12.9. The SMILES string of the molecule is O=C(c1cccc(C(F)(F)F)c1)N1CCC(c2nc(-c3ccccc3)no2)CC1. The fourth-order valence-electron chi connectivity index (χ4n) is 3.45. The van der Waals surface area contributed by atoms with Crippen molar-refractivity contribution in [1.82, 2.24) is 15.0 Å². The lowest BCUT2D eigenvalue weighted by Gasteiger charge is -2.30. The van der Waals surface area contributed by atoms with Gasteiger partial charge in [-0.1, -0.05) is 41.6 Å². The molecule has 150 valence electrons. The molecule has 0 N–H and O–H groups in total. The number of benzene rings is 2. The van der Waals surface area contributed by atoms with Crippen molar-refractivity contribution in [3.05, 3.63) is 71.6 Å². The summed E-state index contributed by atoms with van der Waals surface area (Å²) in [6, 6.07) is 14.0. The van der Waals surface area contributed by atoms with Gasteiger partial charge in [0, 0.05) is 30.1 Å². The number of carbonyl (C=O) groups is 1. The number of aromatic nitrogens is 2. The van der Waals surface area contributed by atoms with Crippen LogP contribution in [0.3, 0.4) is 0 Å². The Hall–Kier alpha value is -3.16. The fourth-order valence-corrected chi connectivity index (χ4v) is 3.45. The number of piperidine rings is 1. The van der Waals surface area contributed by atoms with Crippen LogP contribution in [0.4, 0.5) is 13.2 Å². The molecule has 1 aliphatic heterocycles. The average molecular weight is 401 g/mol. The predicted molar refractivity (Wildman–Crippen MR) is 99.1 cm³/mol. The molecule has 3 aromatic rings. The summed E-state index contributed by atoms with van der Waals surface area (Å²) in [5.74, 6) is 0.661. The fraction of sp³-hybridized carbons (Fsp3) is 0.286. The maximum absolute atomic E-state index is 12.9. The van der Waals surface area contributed by atoms with Crippen molar-refractivity contribution in [2.75, 3.05) is 13.1 Å². The summed E-state index contributed by atoms with van der Waals surface area (Å²) >= 11 is 0. The van der Waals surface area contributed by atoms with E-state index in [-0.39, 0.29) is 11.5 Å². The zero-order valence-electron chi connectivity index (χ0n) is 15.4. The average Bonchev–Trinajstić information content (AvgIpc) is 3.24. The normalized spacial score (nSPS) is 15.5. The van der Waals surface area contributed by atoms with Crippen LogP contribution in [0.1, 0.15) is 40.6 Å². The van der Waals surface area contributed by atoms with Gasteiger partial charge in [0.25, 0.3) is 5.91 Å². The van der Waals surface area contributed by atoms with Crippen molar-refractivity contribution in [2.45, 2.75) is 24.9 Å². The highest BCUT2D eigenvalue weighted by Gasteiger charge is 2.32. The van der Waals surface area contributed by atoms with E-state index in [2.05, 4.69) is 10.1 Å². The third-order valence-electron chi connectivity index (χ3n) is 5.04. The first-order valence-corrected chi connectivity index (χ1v) is 9.27. The zero-order valence-corrected chi connectivity index (χ0v) is 15.4. The van der Waals surface area contributed by atoms with Crippen LogP contribution in [0.5, 0.6) is 0 Å². The summed E-state index contributed by atoms with van der Waals surface area (Å²) in [5.41, 5.74) is 0.0830. The van der Waals surface area contributed by atoms with Crippen LogP contribution in [-0.4, -0.2) is 34.0 Å². The molecule has 1 amide bonds. The lowest BCUT2D eigenvalue weighted by atomic mass is 9.96. The maximum Gasteiger partial charge on any atom is 0.416 e. The Balaban J connectivity index is 1.41. The quantitative estimate of drug-likeness (QED) is 0.634. The largest absolute Gasteiger partial charge is 0.416 e. The third-order valence-corrected chi connectivity index (χ3v) is 5.04. The van der Waals surface area contributed by atoms with E-state index in [1.165, 1.54) is 12.1 Å². The van der Waals surface area contributed by atoms with Gasteiger partial charge in [0.1, 0.15) is 0 Å². The Morgan fingerprint density at radius 2 is 1.76 bits per heavy atom. The first kappa shape index (κ1) is 19.2. The van der Waals surface area contributed by atoms with Gasteiger partial charge in [0.05, 0.1) is 5.56 Å². The smallest absolute Gasteiger partial charge is 0.339 e. The molecule has 1 saturated heterocycles. The second kappa shape index (κ2) is 7.69. The van der Waals surface area contributed by atoms with Crippen molar-refractivity contribution < 1.29 is 22.5 Å². The zero-order chi connectivity index (χ0) is 20.4. The van der Waals surface area contributed by atoms with Crippen molar-refractivity contribution in [2.24, 2.45) is 0 Å². The van der Waals surface area contributed by atoms with E-state index >= 15 is 0 Å². The molecule has 5 nitrogen and oxygen atoms in total. The van der Waals surface area contributed by atoms with Crippen LogP contribution in [0.25, 0.3) is 11.4 Å². The molecule has 0 spiro atoms. The molecule has 0 aliphatic carbocycles. The number of likely N-dealkylation sites (tertiary alicyclic amines) is 1. The Bertz CT molecular complexity index is 994. The molecule has 8 heteroatoms. The highest BCUT2D eigenvalue weighted by Crippen LogP contribution is 2.31. The van der Waals surface area contributed by atoms with Gasteiger partial charge in [-0.3, -0.25) is 4.79 Å². The van der Waals surface area contributed by atoms with Crippen LogP contribution < -0.4 is 0 Å². The number of rotatable bonds is 3. The Morgan fingerprint density at radius 3 is 2.45 bits per heavy atom. The van der Waals surface area contributed by atoms with Crippen LogP contribution >= 0.6 is 0 Å². The molecule has 0 saturated carbocycles. The summed E-state index contributed by atoms with van der Waals surface area (Å²) in [6.45, 7) is 0.839. The van der Waals surface area contributed by atoms with Gasteiger partial charge >= 0.3 is 6.18 Å². The second-order valence-electron chi connectivity index (χ2n) is 6.97. The molecule has 1 aliphatic rings. The van der Waals surface area contributed by atoms with Gasteiger partial charge in [-0.05, 0) is 31.0 Å². The van der Waals surface area contributed by atoms with Crippen LogP contribution in [0.15, 0.2) is 59.1 Å². The third kappa shape index (κ3) is 4.16. The van der Waals surface area contributed by atoms with Crippen molar-refractivity contribution in [3.8, 4) is 11.4 Å². The summed E-state index contributed by atoms with van der Waals surface area (Å²) in [6.07, 6.45) is -3.25. The molecule has 1 fully saturated rings. The first-order valence-electron chi connectivity index (χ1n) is 9.27.